The van der Waals surface area contributed by atoms with Crippen LogP contribution in [-0.2, 0) is 0 Å². The highest BCUT2D eigenvalue weighted by Crippen LogP contribution is 2.20. The van der Waals surface area contributed by atoms with Crippen LogP contribution < -0.4 is 5.32 Å². The number of amides is 1. The van der Waals surface area contributed by atoms with Crippen LogP contribution >= 0.6 is 0 Å². The second kappa shape index (κ2) is 7.80. The van der Waals surface area contributed by atoms with E-state index < -0.39 is 0 Å². The van der Waals surface area contributed by atoms with Crippen molar-refractivity contribution in [2.75, 3.05) is 27.2 Å². The summed E-state index contributed by atoms with van der Waals surface area (Å²) in [7, 11) is 3.90. The summed E-state index contributed by atoms with van der Waals surface area (Å²) < 4.78 is 1.77. The van der Waals surface area contributed by atoms with Crippen molar-refractivity contribution in [1.82, 2.24) is 14.8 Å². The van der Waals surface area contributed by atoms with Crippen LogP contribution in [0.4, 0.5) is 0 Å². The second-order valence-electron chi connectivity index (χ2n) is 6.37. The Hall–Kier alpha value is -2.58. The molecule has 0 spiro atoms. The maximum atomic E-state index is 12.5. The number of hydrogen-bond donors (Lipinski definition) is 1. The molecule has 0 saturated carbocycles. The van der Waals surface area contributed by atoms with Gasteiger partial charge in [-0.3, -0.25) is 4.79 Å². The van der Waals surface area contributed by atoms with Crippen LogP contribution in [0.2, 0.25) is 0 Å². The summed E-state index contributed by atoms with van der Waals surface area (Å²) in [4.78, 5) is 14.5. The number of likely N-dealkylation sites (N-methyl/N-ethyl adjacent to an activating group) is 1. The van der Waals surface area contributed by atoms with Gasteiger partial charge < -0.3 is 14.8 Å². The molecule has 1 N–H and O–H groups in total. The maximum absolute atomic E-state index is 12.5. The van der Waals surface area contributed by atoms with E-state index in [1.807, 2.05) is 31.1 Å². The van der Waals surface area contributed by atoms with Crippen LogP contribution in [0.25, 0.3) is 5.69 Å². The molecule has 0 radical (unpaired) electrons. The highest BCUT2D eigenvalue weighted by molar-refractivity contribution is 5.95. The Bertz CT molecular complexity index is 736. The lowest BCUT2D eigenvalue weighted by molar-refractivity contribution is 0.0944. The van der Waals surface area contributed by atoms with Gasteiger partial charge in [0.1, 0.15) is 11.8 Å². The number of benzene rings is 1. The fourth-order valence-corrected chi connectivity index (χ4v) is 2.47. The Kier molecular flexibility index (Phi) is 5.78. The van der Waals surface area contributed by atoms with Gasteiger partial charge in [0, 0.05) is 25.0 Å². The summed E-state index contributed by atoms with van der Waals surface area (Å²) >= 11 is 0. The molecule has 0 saturated heterocycles. The molecule has 1 aromatic carbocycles. The number of nitriles is 1. The molecule has 1 aromatic heterocycles. The number of rotatable bonds is 6. The van der Waals surface area contributed by atoms with Gasteiger partial charge in [-0.25, -0.2) is 0 Å². The summed E-state index contributed by atoms with van der Waals surface area (Å²) in [6.07, 6.45) is 1.77. The van der Waals surface area contributed by atoms with Gasteiger partial charge in [0.15, 0.2) is 0 Å². The van der Waals surface area contributed by atoms with Crippen molar-refractivity contribution in [3.63, 3.8) is 0 Å². The van der Waals surface area contributed by atoms with Crippen LogP contribution in [0.3, 0.4) is 0 Å². The molecule has 5 nitrogen and oxygen atoms in total. The molecule has 0 aliphatic carbocycles. The van der Waals surface area contributed by atoms with Gasteiger partial charge in [-0.1, -0.05) is 26.0 Å². The molecule has 0 atom stereocenters. The molecule has 126 valence electrons. The van der Waals surface area contributed by atoms with Gasteiger partial charge in [-0.05, 0) is 43.8 Å². The quantitative estimate of drug-likeness (QED) is 0.889. The molecule has 5 heteroatoms. The predicted molar refractivity (Wildman–Crippen MR) is 95.5 cm³/mol. The van der Waals surface area contributed by atoms with Crippen molar-refractivity contribution < 1.29 is 4.79 Å². The first-order valence-electron chi connectivity index (χ1n) is 8.08. The number of carbonyl (C=O) groups excluding carboxylic acids is 1. The van der Waals surface area contributed by atoms with Crippen LogP contribution in [0.5, 0.6) is 0 Å². The largest absolute Gasteiger partial charge is 0.349 e. The highest BCUT2D eigenvalue weighted by Gasteiger charge is 2.18. The van der Waals surface area contributed by atoms with Crippen LogP contribution in [0.15, 0.2) is 36.5 Å². The lowest BCUT2D eigenvalue weighted by Crippen LogP contribution is -2.32. The summed E-state index contributed by atoms with van der Waals surface area (Å²) in [5, 5.41) is 12.2. The van der Waals surface area contributed by atoms with Crippen molar-refractivity contribution >= 4 is 5.91 Å². The highest BCUT2D eigenvalue weighted by atomic mass is 16.1. The van der Waals surface area contributed by atoms with Gasteiger partial charge in [-0.15, -0.1) is 0 Å². The molecular formula is C19H24N4O. The predicted octanol–water partition coefficient (Wildman–Crippen LogP) is 2.76. The third-order valence-corrected chi connectivity index (χ3v) is 3.90. The first kappa shape index (κ1) is 17.8. The van der Waals surface area contributed by atoms with E-state index in [-0.39, 0.29) is 5.91 Å². The van der Waals surface area contributed by atoms with Crippen LogP contribution in [0, 0.1) is 11.3 Å². The number of nitrogens with one attached hydrogen (secondary N) is 1. The zero-order chi connectivity index (χ0) is 17.7. The average Bonchev–Trinajstić information content (AvgIpc) is 2.98. The summed E-state index contributed by atoms with van der Waals surface area (Å²) in [6.45, 7) is 5.57. The van der Waals surface area contributed by atoms with Gasteiger partial charge in [0.05, 0.1) is 5.56 Å². The van der Waals surface area contributed by atoms with E-state index in [9.17, 15) is 10.1 Å². The zero-order valence-electron chi connectivity index (χ0n) is 14.7. The van der Waals surface area contributed by atoms with E-state index in [2.05, 4.69) is 37.4 Å². The van der Waals surface area contributed by atoms with E-state index in [1.54, 1.807) is 16.8 Å². The molecule has 1 amide bonds. The molecule has 0 aliphatic heterocycles. The average molecular weight is 324 g/mol. The summed E-state index contributed by atoms with van der Waals surface area (Å²) in [5.74, 6) is 0.221. The van der Waals surface area contributed by atoms with Crippen molar-refractivity contribution in [2.45, 2.75) is 19.8 Å². The molecular weight excluding hydrogens is 300 g/mol. The second-order valence-corrected chi connectivity index (χ2v) is 6.37. The third-order valence-electron chi connectivity index (χ3n) is 3.90. The number of nitrogens with zero attached hydrogens (tertiary/aromatic N) is 3. The van der Waals surface area contributed by atoms with Crippen molar-refractivity contribution in [1.29, 1.82) is 5.26 Å². The van der Waals surface area contributed by atoms with Gasteiger partial charge >= 0.3 is 0 Å². The maximum Gasteiger partial charge on any atom is 0.269 e. The molecule has 2 aromatic rings. The normalized spacial score (nSPS) is 10.9. The molecule has 0 fully saturated rings. The Morgan fingerprint density at radius 3 is 2.46 bits per heavy atom. The van der Waals surface area contributed by atoms with E-state index in [0.29, 0.717) is 23.7 Å². The van der Waals surface area contributed by atoms with Crippen molar-refractivity contribution in [2.24, 2.45) is 0 Å². The van der Waals surface area contributed by atoms with Gasteiger partial charge in [0.2, 0.25) is 0 Å². The monoisotopic (exact) mass is 324 g/mol. The molecule has 1 heterocycles. The van der Waals surface area contributed by atoms with E-state index in [0.717, 1.165) is 12.2 Å². The number of aromatic nitrogens is 1. The smallest absolute Gasteiger partial charge is 0.269 e. The Balaban J connectivity index is 2.30. The van der Waals surface area contributed by atoms with Crippen LogP contribution in [-0.4, -0.2) is 42.6 Å². The Morgan fingerprint density at radius 1 is 1.25 bits per heavy atom. The SMILES string of the molecule is CC(C)c1ccc(-n2ccc(C#N)c2C(=O)NCCN(C)C)cc1. The fourth-order valence-electron chi connectivity index (χ4n) is 2.47. The van der Waals surface area contributed by atoms with Crippen molar-refractivity contribution in [3.05, 3.63) is 53.3 Å². The van der Waals surface area contributed by atoms with Gasteiger partial charge in [-0.2, -0.15) is 5.26 Å². The minimum absolute atomic E-state index is 0.230. The fraction of sp³-hybridized carbons (Fsp3) is 0.368. The topological polar surface area (TPSA) is 61.1 Å². The number of carbonyl (C=O) groups is 1. The lowest BCUT2D eigenvalue weighted by Gasteiger charge is -2.13. The van der Waals surface area contributed by atoms with E-state index in [1.165, 1.54) is 5.56 Å². The first-order chi connectivity index (χ1) is 11.4. The molecule has 0 bridgehead atoms. The zero-order valence-corrected chi connectivity index (χ0v) is 14.7. The van der Waals surface area contributed by atoms with Crippen molar-refractivity contribution in [3.8, 4) is 11.8 Å². The minimum Gasteiger partial charge on any atom is -0.349 e. The first-order valence-corrected chi connectivity index (χ1v) is 8.08. The molecule has 0 aliphatic rings. The Labute approximate surface area is 143 Å². The third kappa shape index (κ3) is 4.03. The molecule has 2 rings (SSSR count). The molecule has 24 heavy (non-hydrogen) atoms. The standard InChI is InChI=1S/C19H24N4O/c1-14(2)15-5-7-17(8-6-15)23-11-9-16(13-20)18(23)19(24)21-10-12-22(3)4/h5-9,11,14H,10,12H2,1-4H3,(H,21,24). The Morgan fingerprint density at radius 2 is 1.92 bits per heavy atom. The van der Waals surface area contributed by atoms with E-state index >= 15 is 0 Å². The molecule has 0 unspecified atom stereocenters. The summed E-state index contributed by atoms with van der Waals surface area (Å²) in [5.41, 5.74) is 2.88. The number of hydrogen-bond acceptors (Lipinski definition) is 3. The summed E-state index contributed by atoms with van der Waals surface area (Å²) in [6, 6.07) is 11.9. The van der Waals surface area contributed by atoms with Crippen LogP contribution in [0.1, 0.15) is 41.4 Å². The van der Waals surface area contributed by atoms with E-state index in [4.69, 9.17) is 0 Å². The van der Waals surface area contributed by atoms with Gasteiger partial charge in [0.25, 0.3) is 5.91 Å². The minimum atomic E-state index is -0.230. The lowest BCUT2D eigenvalue weighted by atomic mass is 10.0.